The summed E-state index contributed by atoms with van der Waals surface area (Å²) in [5.41, 5.74) is -0.362. The average Bonchev–Trinajstić information content (AvgIpc) is 3.02. The van der Waals surface area contributed by atoms with Gasteiger partial charge in [-0.1, -0.05) is 6.92 Å². The van der Waals surface area contributed by atoms with Crippen LogP contribution in [0.15, 0.2) is 35.7 Å². The van der Waals surface area contributed by atoms with E-state index in [1.165, 1.54) is 39.3 Å². The number of hydrogen-bond donors (Lipinski definition) is 1. The van der Waals surface area contributed by atoms with Crippen LogP contribution >= 0.6 is 11.8 Å². The van der Waals surface area contributed by atoms with Crippen molar-refractivity contribution in [2.24, 2.45) is 0 Å². The van der Waals surface area contributed by atoms with Crippen LogP contribution in [0, 0.1) is 0 Å². The molecule has 3 rings (SSSR count). The van der Waals surface area contributed by atoms with Crippen molar-refractivity contribution >= 4 is 17.4 Å². The monoisotopic (exact) mass is 328 g/mol. The molecule has 5 nitrogen and oxygen atoms in total. The Hall–Kier alpha value is -2.16. The van der Waals surface area contributed by atoms with Crippen LogP contribution in [-0.4, -0.2) is 30.0 Å². The molecule has 3 aromatic heterocycles. The highest BCUT2D eigenvalue weighted by Gasteiger charge is 2.31. The van der Waals surface area contributed by atoms with E-state index in [2.05, 4.69) is 10.1 Å². The van der Waals surface area contributed by atoms with E-state index in [0.717, 1.165) is 12.3 Å². The van der Waals surface area contributed by atoms with E-state index >= 15 is 0 Å². The topological polar surface area (TPSA) is 55.3 Å². The molecular formula is C13H11F3N4OS. The number of rotatable bonds is 3. The van der Waals surface area contributed by atoms with Gasteiger partial charge in [-0.05, 0) is 17.9 Å². The lowest BCUT2D eigenvalue weighted by molar-refractivity contribution is -0.137. The van der Waals surface area contributed by atoms with Gasteiger partial charge in [-0.15, -0.1) is 11.8 Å². The third-order valence-electron chi connectivity index (χ3n) is 2.95. The van der Waals surface area contributed by atoms with Gasteiger partial charge >= 0.3 is 6.18 Å². The molecule has 0 aliphatic rings. The molecule has 22 heavy (non-hydrogen) atoms. The van der Waals surface area contributed by atoms with Gasteiger partial charge in [0.15, 0.2) is 11.6 Å². The molecule has 0 aliphatic carbocycles. The van der Waals surface area contributed by atoms with Crippen molar-refractivity contribution in [3.8, 4) is 11.6 Å². The second-order valence-electron chi connectivity index (χ2n) is 4.46. The summed E-state index contributed by atoms with van der Waals surface area (Å²) in [6, 6.07) is 2.31. The van der Waals surface area contributed by atoms with Crippen LogP contribution in [0.2, 0.25) is 0 Å². The van der Waals surface area contributed by atoms with Gasteiger partial charge in [-0.25, -0.2) is 9.67 Å². The summed E-state index contributed by atoms with van der Waals surface area (Å²) in [5.74, 6) is 0.997. The Morgan fingerprint density at radius 3 is 2.64 bits per heavy atom. The summed E-state index contributed by atoms with van der Waals surface area (Å²) in [7, 11) is 0. The lowest BCUT2D eigenvalue weighted by Crippen LogP contribution is -2.06. The fraction of sp³-hybridized carbons (Fsp3) is 0.231. The van der Waals surface area contributed by atoms with Crippen molar-refractivity contribution in [1.29, 1.82) is 0 Å². The number of pyridine rings is 1. The SMILES string of the molecule is CCSc1c(-n2cc(O)cn2)nc2ccc(C(F)(F)F)cn12. The van der Waals surface area contributed by atoms with Crippen LogP contribution in [0.1, 0.15) is 12.5 Å². The van der Waals surface area contributed by atoms with Gasteiger partial charge in [0.1, 0.15) is 10.7 Å². The molecule has 3 aromatic rings. The molecule has 0 amide bonds. The number of hydrogen-bond acceptors (Lipinski definition) is 4. The number of aromatic nitrogens is 4. The lowest BCUT2D eigenvalue weighted by atomic mass is 10.3. The Kier molecular flexibility index (Phi) is 3.51. The minimum atomic E-state index is -4.42. The second-order valence-corrected chi connectivity index (χ2v) is 5.71. The van der Waals surface area contributed by atoms with Crippen LogP contribution in [0.25, 0.3) is 11.5 Å². The van der Waals surface area contributed by atoms with Crippen LogP contribution < -0.4 is 0 Å². The normalized spacial score (nSPS) is 12.2. The summed E-state index contributed by atoms with van der Waals surface area (Å²) in [5, 5.41) is 13.9. The molecule has 116 valence electrons. The predicted octanol–water partition coefficient (Wildman–Crippen LogP) is 3.36. The number of halogens is 3. The Morgan fingerprint density at radius 2 is 2.05 bits per heavy atom. The maximum Gasteiger partial charge on any atom is 0.417 e. The number of nitrogens with zero attached hydrogens (tertiary/aromatic N) is 4. The maximum absolute atomic E-state index is 12.9. The number of aromatic hydroxyl groups is 1. The van der Waals surface area contributed by atoms with E-state index in [9.17, 15) is 18.3 Å². The van der Waals surface area contributed by atoms with Gasteiger partial charge < -0.3 is 5.11 Å². The molecule has 0 aromatic carbocycles. The zero-order valence-electron chi connectivity index (χ0n) is 11.4. The van der Waals surface area contributed by atoms with Crippen molar-refractivity contribution in [2.75, 3.05) is 5.75 Å². The number of alkyl halides is 3. The second kappa shape index (κ2) is 5.24. The van der Waals surface area contributed by atoms with E-state index in [1.807, 2.05) is 6.92 Å². The van der Waals surface area contributed by atoms with Gasteiger partial charge in [-0.3, -0.25) is 4.40 Å². The third kappa shape index (κ3) is 2.52. The molecule has 0 unspecified atom stereocenters. The van der Waals surface area contributed by atoms with E-state index in [4.69, 9.17) is 0 Å². The Labute approximate surface area is 127 Å². The smallest absolute Gasteiger partial charge is 0.417 e. The number of thioether (sulfide) groups is 1. The fourth-order valence-electron chi connectivity index (χ4n) is 2.03. The first-order valence-electron chi connectivity index (χ1n) is 6.36. The molecule has 0 fully saturated rings. The van der Waals surface area contributed by atoms with Gasteiger partial charge in [0, 0.05) is 6.20 Å². The van der Waals surface area contributed by atoms with E-state index in [1.54, 1.807) is 0 Å². The molecule has 9 heteroatoms. The van der Waals surface area contributed by atoms with Crippen molar-refractivity contribution in [2.45, 2.75) is 18.1 Å². The predicted molar refractivity (Wildman–Crippen MR) is 75.4 cm³/mol. The van der Waals surface area contributed by atoms with Crippen LogP contribution in [0.5, 0.6) is 5.75 Å². The molecule has 0 bridgehead atoms. The number of imidazole rings is 1. The van der Waals surface area contributed by atoms with Crippen LogP contribution in [-0.2, 0) is 6.18 Å². The minimum absolute atomic E-state index is 0.0412. The highest BCUT2D eigenvalue weighted by atomic mass is 32.2. The molecule has 0 aliphatic heterocycles. The Morgan fingerprint density at radius 1 is 1.27 bits per heavy atom. The third-order valence-corrected chi connectivity index (χ3v) is 3.89. The maximum atomic E-state index is 12.9. The molecule has 0 spiro atoms. The largest absolute Gasteiger partial charge is 0.505 e. The first-order valence-corrected chi connectivity index (χ1v) is 7.35. The summed E-state index contributed by atoms with van der Waals surface area (Å²) in [6.45, 7) is 1.89. The average molecular weight is 328 g/mol. The van der Waals surface area contributed by atoms with E-state index < -0.39 is 11.7 Å². The summed E-state index contributed by atoms with van der Waals surface area (Å²) < 4.78 is 41.4. The first kappa shape index (κ1) is 14.8. The summed E-state index contributed by atoms with van der Waals surface area (Å²) >= 11 is 1.35. The van der Waals surface area contributed by atoms with Crippen molar-refractivity contribution in [1.82, 2.24) is 19.2 Å². The zero-order valence-corrected chi connectivity index (χ0v) is 12.2. The molecular weight excluding hydrogens is 317 g/mol. The number of fused-ring (bicyclic) bond motifs is 1. The molecule has 0 saturated carbocycles. The minimum Gasteiger partial charge on any atom is -0.505 e. The quantitative estimate of drug-likeness (QED) is 0.749. The highest BCUT2D eigenvalue weighted by molar-refractivity contribution is 7.99. The van der Waals surface area contributed by atoms with Crippen molar-refractivity contribution in [3.05, 3.63) is 36.3 Å². The van der Waals surface area contributed by atoms with Gasteiger partial charge in [0.2, 0.25) is 0 Å². The van der Waals surface area contributed by atoms with E-state index in [-0.39, 0.29) is 5.75 Å². The summed E-state index contributed by atoms with van der Waals surface area (Å²) in [6.07, 6.45) is -0.804. The lowest BCUT2D eigenvalue weighted by Gasteiger charge is -2.08. The highest BCUT2D eigenvalue weighted by Crippen LogP contribution is 2.32. The summed E-state index contributed by atoms with van der Waals surface area (Å²) in [4.78, 5) is 4.30. The molecule has 3 heterocycles. The molecule has 0 saturated heterocycles. The standard InChI is InChI=1S/C13H11F3N4OS/c1-2-22-12-11(20-7-9(21)5-17-20)18-10-4-3-8(6-19(10)12)13(14,15)16/h3-7,21H,2H2,1H3. The fourth-order valence-corrected chi connectivity index (χ4v) is 2.85. The van der Waals surface area contributed by atoms with Gasteiger partial charge in [0.05, 0.1) is 18.0 Å². The molecule has 0 atom stereocenters. The van der Waals surface area contributed by atoms with Gasteiger partial charge in [-0.2, -0.15) is 18.3 Å². The van der Waals surface area contributed by atoms with Crippen LogP contribution in [0.4, 0.5) is 13.2 Å². The zero-order chi connectivity index (χ0) is 15.9. The molecule has 1 N–H and O–H groups in total. The Bertz CT molecular complexity index is 824. The first-order chi connectivity index (χ1) is 10.4. The van der Waals surface area contributed by atoms with E-state index in [0.29, 0.717) is 22.2 Å². The van der Waals surface area contributed by atoms with Gasteiger partial charge in [0.25, 0.3) is 0 Å². The Balaban J connectivity index is 2.23. The van der Waals surface area contributed by atoms with Crippen molar-refractivity contribution < 1.29 is 18.3 Å². The van der Waals surface area contributed by atoms with Crippen molar-refractivity contribution in [3.63, 3.8) is 0 Å². The van der Waals surface area contributed by atoms with Crippen LogP contribution in [0.3, 0.4) is 0 Å². The molecule has 0 radical (unpaired) electrons.